The summed E-state index contributed by atoms with van der Waals surface area (Å²) in [6, 6.07) is 11.4. The van der Waals surface area contributed by atoms with Crippen LogP contribution in [0.25, 0.3) is 22.2 Å². The van der Waals surface area contributed by atoms with E-state index in [9.17, 15) is 4.79 Å². The van der Waals surface area contributed by atoms with Gasteiger partial charge in [-0.15, -0.1) is 0 Å². The smallest absolute Gasteiger partial charge is 0.278 e. The Balaban J connectivity index is 2.34. The summed E-state index contributed by atoms with van der Waals surface area (Å²) in [5, 5.41) is 4.51. The van der Waals surface area contributed by atoms with E-state index in [2.05, 4.69) is 10.1 Å². The van der Waals surface area contributed by atoms with E-state index in [0.29, 0.717) is 11.3 Å². The van der Waals surface area contributed by atoms with Crippen LogP contribution < -0.4 is 5.56 Å². The van der Waals surface area contributed by atoms with Gasteiger partial charge in [0.1, 0.15) is 0 Å². The Morgan fingerprint density at radius 1 is 1.12 bits per heavy atom. The number of nitrogens with one attached hydrogen (secondary N) is 1. The Labute approximate surface area is 90.5 Å². The van der Waals surface area contributed by atoms with E-state index in [-0.39, 0.29) is 5.56 Å². The van der Waals surface area contributed by atoms with Gasteiger partial charge in [-0.05, 0) is 6.07 Å². The third-order valence-corrected chi connectivity index (χ3v) is 2.44. The van der Waals surface area contributed by atoms with Crippen LogP contribution in [-0.2, 0) is 0 Å². The van der Waals surface area contributed by atoms with Gasteiger partial charge in [0.05, 0.1) is 5.39 Å². The van der Waals surface area contributed by atoms with Crippen molar-refractivity contribution >= 4 is 10.9 Å². The van der Waals surface area contributed by atoms with E-state index >= 15 is 0 Å². The van der Waals surface area contributed by atoms with Gasteiger partial charge in [-0.3, -0.25) is 4.79 Å². The lowest BCUT2D eigenvalue weighted by Gasteiger charge is -1.94. The lowest BCUT2D eigenvalue weighted by molar-refractivity contribution is 0.440. The number of aromatic nitrogens is 2. The molecule has 0 atom stereocenters. The maximum atomic E-state index is 11.4. The van der Waals surface area contributed by atoms with Crippen molar-refractivity contribution in [1.29, 1.82) is 0 Å². The Hall–Kier alpha value is -2.36. The summed E-state index contributed by atoms with van der Waals surface area (Å²) in [5.74, 6) is 0.627. The van der Waals surface area contributed by atoms with E-state index in [1.165, 1.54) is 0 Å². The Bertz CT molecular complexity index is 683. The molecule has 78 valence electrons. The standard InChI is InChI=1S/C12H8N2O2/c15-12-10-9(6-7-13-12)11(16-14-10)8-4-2-1-3-5-8/h1-7H,(H,13,15). The first kappa shape index (κ1) is 8.91. The summed E-state index contributed by atoms with van der Waals surface area (Å²) in [4.78, 5) is 14.0. The molecule has 3 rings (SSSR count). The SMILES string of the molecule is O=c1[nH]ccc2c(-c3ccccc3)onc12. The first-order valence-corrected chi connectivity index (χ1v) is 4.89. The van der Waals surface area contributed by atoms with Crippen LogP contribution in [0.5, 0.6) is 0 Å². The van der Waals surface area contributed by atoms with Gasteiger partial charge in [0, 0.05) is 11.8 Å². The molecule has 0 radical (unpaired) electrons. The molecule has 3 aromatic rings. The molecule has 0 aliphatic carbocycles. The zero-order valence-electron chi connectivity index (χ0n) is 8.31. The largest absolute Gasteiger partial charge is 0.355 e. The van der Waals surface area contributed by atoms with Gasteiger partial charge in [-0.2, -0.15) is 0 Å². The second-order valence-electron chi connectivity index (χ2n) is 3.45. The quantitative estimate of drug-likeness (QED) is 0.672. The molecule has 0 fully saturated rings. The molecule has 2 heterocycles. The van der Waals surface area contributed by atoms with Crippen molar-refractivity contribution in [2.24, 2.45) is 0 Å². The lowest BCUT2D eigenvalue weighted by atomic mass is 10.1. The molecule has 0 unspecified atom stereocenters. The molecular formula is C12H8N2O2. The van der Waals surface area contributed by atoms with Gasteiger partial charge in [0.15, 0.2) is 11.3 Å². The topological polar surface area (TPSA) is 58.9 Å². The maximum Gasteiger partial charge on any atom is 0.278 e. The normalized spacial score (nSPS) is 10.8. The van der Waals surface area contributed by atoms with Crippen LogP contribution in [0.3, 0.4) is 0 Å². The maximum absolute atomic E-state index is 11.4. The molecule has 0 saturated carbocycles. The molecule has 0 bridgehead atoms. The number of fused-ring (bicyclic) bond motifs is 1. The summed E-state index contributed by atoms with van der Waals surface area (Å²) in [6.45, 7) is 0. The van der Waals surface area contributed by atoms with E-state index in [0.717, 1.165) is 10.9 Å². The molecule has 2 aromatic heterocycles. The van der Waals surface area contributed by atoms with Crippen LogP contribution in [-0.4, -0.2) is 10.1 Å². The second-order valence-corrected chi connectivity index (χ2v) is 3.45. The van der Waals surface area contributed by atoms with Gasteiger partial charge < -0.3 is 9.51 Å². The van der Waals surface area contributed by atoms with Crippen molar-refractivity contribution in [3.63, 3.8) is 0 Å². The van der Waals surface area contributed by atoms with Crippen LogP contribution in [0.1, 0.15) is 0 Å². The number of hydrogen-bond donors (Lipinski definition) is 1. The zero-order valence-corrected chi connectivity index (χ0v) is 8.31. The monoisotopic (exact) mass is 212 g/mol. The molecule has 0 amide bonds. The summed E-state index contributed by atoms with van der Waals surface area (Å²) >= 11 is 0. The lowest BCUT2D eigenvalue weighted by Crippen LogP contribution is -2.03. The molecule has 0 aliphatic heterocycles. The van der Waals surface area contributed by atoms with Gasteiger partial charge in [-0.25, -0.2) is 0 Å². The van der Waals surface area contributed by atoms with Crippen molar-refractivity contribution in [3.05, 3.63) is 52.9 Å². The van der Waals surface area contributed by atoms with Crippen LogP contribution in [0.15, 0.2) is 51.9 Å². The van der Waals surface area contributed by atoms with Crippen LogP contribution in [0, 0.1) is 0 Å². The fraction of sp³-hybridized carbons (Fsp3) is 0. The van der Waals surface area contributed by atoms with Crippen molar-refractivity contribution in [1.82, 2.24) is 10.1 Å². The summed E-state index contributed by atoms with van der Waals surface area (Å²) in [5.41, 5.74) is 1.01. The van der Waals surface area contributed by atoms with Crippen molar-refractivity contribution < 1.29 is 4.52 Å². The highest BCUT2D eigenvalue weighted by atomic mass is 16.5. The first-order valence-electron chi connectivity index (χ1n) is 4.89. The van der Waals surface area contributed by atoms with Crippen molar-refractivity contribution in [2.75, 3.05) is 0 Å². The number of H-pyrrole nitrogens is 1. The minimum absolute atomic E-state index is 0.233. The molecule has 1 N–H and O–H groups in total. The Kier molecular flexibility index (Phi) is 1.86. The highest BCUT2D eigenvalue weighted by Gasteiger charge is 2.11. The minimum atomic E-state index is -0.233. The van der Waals surface area contributed by atoms with Gasteiger partial charge >= 0.3 is 0 Å². The van der Waals surface area contributed by atoms with Gasteiger partial charge in [-0.1, -0.05) is 35.5 Å². The average Bonchev–Trinajstić information content (AvgIpc) is 2.75. The predicted molar refractivity (Wildman–Crippen MR) is 60.1 cm³/mol. The molecule has 0 aliphatic rings. The molecular weight excluding hydrogens is 204 g/mol. The van der Waals surface area contributed by atoms with Crippen LogP contribution in [0.2, 0.25) is 0 Å². The number of rotatable bonds is 1. The highest BCUT2D eigenvalue weighted by Crippen LogP contribution is 2.25. The van der Waals surface area contributed by atoms with E-state index in [1.54, 1.807) is 12.3 Å². The van der Waals surface area contributed by atoms with E-state index in [1.807, 2.05) is 30.3 Å². The molecule has 1 aromatic carbocycles. The number of hydrogen-bond acceptors (Lipinski definition) is 3. The third kappa shape index (κ3) is 1.24. The minimum Gasteiger partial charge on any atom is -0.355 e. The van der Waals surface area contributed by atoms with Crippen LogP contribution >= 0.6 is 0 Å². The number of benzene rings is 1. The molecule has 0 spiro atoms. The van der Waals surface area contributed by atoms with Crippen molar-refractivity contribution in [3.8, 4) is 11.3 Å². The molecule has 16 heavy (non-hydrogen) atoms. The zero-order chi connectivity index (χ0) is 11.0. The van der Waals surface area contributed by atoms with Gasteiger partial charge in [0.2, 0.25) is 0 Å². The number of pyridine rings is 1. The number of aromatic amines is 1. The Morgan fingerprint density at radius 2 is 1.94 bits per heavy atom. The molecule has 4 heteroatoms. The fourth-order valence-corrected chi connectivity index (χ4v) is 1.68. The third-order valence-electron chi connectivity index (χ3n) is 2.44. The molecule has 4 nitrogen and oxygen atoms in total. The predicted octanol–water partition coefficient (Wildman–Crippen LogP) is 2.18. The highest BCUT2D eigenvalue weighted by molar-refractivity contribution is 5.90. The number of nitrogens with zero attached hydrogens (tertiary/aromatic N) is 1. The van der Waals surface area contributed by atoms with Crippen molar-refractivity contribution in [2.45, 2.75) is 0 Å². The average molecular weight is 212 g/mol. The summed E-state index contributed by atoms with van der Waals surface area (Å²) in [7, 11) is 0. The van der Waals surface area contributed by atoms with Crippen LogP contribution in [0.4, 0.5) is 0 Å². The van der Waals surface area contributed by atoms with E-state index < -0.39 is 0 Å². The van der Waals surface area contributed by atoms with Gasteiger partial charge in [0.25, 0.3) is 5.56 Å². The summed E-state index contributed by atoms with van der Waals surface area (Å²) in [6.07, 6.45) is 1.59. The Morgan fingerprint density at radius 3 is 2.75 bits per heavy atom. The molecule has 0 saturated heterocycles. The van der Waals surface area contributed by atoms with E-state index in [4.69, 9.17) is 4.52 Å². The second kappa shape index (κ2) is 3.34. The summed E-state index contributed by atoms with van der Waals surface area (Å²) < 4.78 is 5.21. The first-order chi connectivity index (χ1) is 7.86. The fourth-order valence-electron chi connectivity index (χ4n) is 1.68.